The molecule has 1 aliphatic rings. The van der Waals surface area contributed by atoms with Gasteiger partial charge in [0, 0.05) is 25.5 Å². The molecule has 3 aromatic rings. The van der Waals surface area contributed by atoms with E-state index in [0.29, 0.717) is 0 Å². The number of nitrogens with one attached hydrogen (secondary N) is 1. The highest BCUT2D eigenvalue weighted by atomic mass is 15.4. The van der Waals surface area contributed by atoms with Crippen LogP contribution in [0.5, 0.6) is 0 Å². The minimum Gasteiger partial charge on any atom is -0.378 e. The lowest BCUT2D eigenvalue weighted by molar-refractivity contribution is 0.612. The lowest BCUT2D eigenvalue weighted by Crippen LogP contribution is -2.20. The Morgan fingerprint density at radius 3 is 2.40 bits per heavy atom. The SMILES string of the molecule is Cc1ccc(C2=CC(c3ccc(N(C)C)cc3)n3ncnc3N2)cc1. The van der Waals surface area contributed by atoms with Crippen molar-refractivity contribution in [3.8, 4) is 0 Å². The predicted molar refractivity (Wildman–Crippen MR) is 102 cm³/mol. The van der Waals surface area contributed by atoms with Gasteiger partial charge in [0.1, 0.15) is 12.4 Å². The normalized spacial score (nSPS) is 16.0. The zero-order valence-corrected chi connectivity index (χ0v) is 14.6. The minimum atomic E-state index is 0.0197. The van der Waals surface area contributed by atoms with Crippen LogP contribution >= 0.6 is 0 Å². The van der Waals surface area contributed by atoms with E-state index in [-0.39, 0.29) is 6.04 Å². The van der Waals surface area contributed by atoms with Crippen molar-refractivity contribution in [2.75, 3.05) is 24.3 Å². The molecule has 4 rings (SSSR count). The summed E-state index contributed by atoms with van der Waals surface area (Å²) in [5, 5.41) is 7.79. The Labute approximate surface area is 147 Å². The molecule has 0 spiro atoms. The van der Waals surface area contributed by atoms with Crippen molar-refractivity contribution in [2.24, 2.45) is 0 Å². The first-order chi connectivity index (χ1) is 12.1. The maximum atomic E-state index is 4.40. The molecule has 1 N–H and O–H groups in total. The molecule has 25 heavy (non-hydrogen) atoms. The smallest absolute Gasteiger partial charge is 0.226 e. The molecule has 2 aromatic carbocycles. The van der Waals surface area contributed by atoms with Crippen LogP contribution in [0.15, 0.2) is 60.9 Å². The van der Waals surface area contributed by atoms with Gasteiger partial charge in [-0.1, -0.05) is 42.0 Å². The number of nitrogens with zero attached hydrogens (tertiary/aromatic N) is 4. The van der Waals surface area contributed by atoms with Crippen LogP contribution in [0.3, 0.4) is 0 Å². The van der Waals surface area contributed by atoms with E-state index in [0.717, 1.165) is 17.2 Å². The van der Waals surface area contributed by atoms with Crippen LogP contribution in [-0.4, -0.2) is 28.9 Å². The highest BCUT2D eigenvalue weighted by Crippen LogP contribution is 2.32. The summed E-state index contributed by atoms with van der Waals surface area (Å²) < 4.78 is 1.92. The zero-order chi connectivity index (χ0) is 17.4. The number of benzene rings is 2. The number of rotatable bonds is 3. The third-order valence-electron chi connectivity index (χ3n) is 4.52. The number of aryl methyl sites for hydroxylation is 1. The van der Waals surface area contributed by atoms with Crippen LogP contribution in [0.25, 0.3) is 5.70 Å². The maximum Gasteiger partial charge on any atom is 0.226 e. The molecule has 1 atom stereocenters. The summed E-state index contributed by atoms with van der Waals surface area (Å²) in [5.74, 6) is 0.764. The molecule has 1 aliphatic heterocycles. The fraction of sp³-hybridized carbons (Fsp3) is 0.200. The molecule has 126 valence electrons. The summed E-state index contributed by atoms with van der Waals surface area (Å²) >= 11 is 0. The highest BCUT2D eigenvalue weighted by Gasteiger charge is 2.23. The van der Waals surface area contributed by atoms with Crippen molar-refractivity contribution >= 4 is 17.3 Å². The average molecular weight is 331 g/mol. The van der Waals surface area contributed by atoms with Gasteiger partial charge in [0.2, 0.25) is 5.95 Å². The number of aromatic nitrogens is 3. The van der Waals surface area contributed by atoms with Gasteiger partial charge in [-0.25, -0.2) is 4.68 Å². The molecule has 5 heteroatoms. The first kappa shape index (κ1) is 15.4. The van der Waals surface area contributed by atoms with E-state index in [1.807, 2.05) is 18.8 Å². The van der Waals surface area contributed by atoms with Crippen molar-refractivity contribution in [1.82, 2.24) is 14.8 Å². The van der Waals surface area contributed by atoms with Gasteiger partial charge in [-0.2, -0.15) is 10.1 Å². The molecule has 0 bridgehead atoms. The van der Waals surface area contributed by atoms with Crippen molar-refractivity contribution in [2.45, 2.75) is 13.0 Å². The minimum absolute atomic E-state index is 0.0197. The van der Waals surface area contributed by atoms with Gasteiger partial charge in [-0.05, 0) is 36.3 Å². The van der Waals surface area contributed by atoms with Crippen LogP contribution in [0.1, 0.15) is 22.7 Å². The molecule has 1 unspecified atom stereocenters. The second-order valence-corrected chi connectivity index (χ2v) is 6.53. The largest absolute Gasteiger partial charge is 0.378 e. The molecular weight excluding hydrogens is 310 g/mol. The molecule has 0 aliphatic carbocycles. The van der Waals surface area contributed by atoms with Crippen molar-refractivity contribution in [1.29, 1.82) is 0 Å². The Morgan fingerprint density at radius 2 is 1.72 bits per heavy atom. The average Bonchev–Trinajstić information content (AvgIpc) is 3.10. The summed E-state index contributed by atoms with van der Waals surface area (Å²) in [7, 11) is 4.09. The van der Waals surface area contributed by atoms with Gasteiger partial charge in [0.25, 0.3) is 0 Å². The Morgan fingerprint density at radius 1 is 1.00 bits per heavy atom. The molecule has 0 amide bonds. The van der Waals surface area contributed by atoms with E-state index in [9.17, 15) is 0 Å². The van der Waals surface area contributed by atoms with E-state index >= 15 is 0 Å². The van der Waals surface area contributed by atoms with Gasteiger partial charge in [-0.3, -0.25) is 0 Å². The lowest BCUT2D eigenvalue weighted by atomic mass is 10.0. The molecule has 0 radical (unpaired) electrons. The number of fused-ring (bicyclic) bond motifs is 1. The van der Waals surface area contributed by atoms with E-state index in [1.54, 1.807) is 6.33 Å². The van der Waals surface area contributed by atoms with Crippen molar-refractivity contribution < 1.29 is 0 Å². The van der Waals surface area contributed by atoms with E-state index in [2.05, 4.69) is 81.8 Å². The van der Waals surface area contributed by atoms with Gasteiger partial charge in [0.15, 0.2) is 0 Å². The molecule has 2 heterocycles. The van der Waals surface area contributed by atoms with Crippen LogP contribution in [0.4, 0.5) is 11.6 Å². The van der Waals surface area contributed by atoms with Crippen molar-refractivity contribution in [3.05, 3.63) is 77.6 Å². The Balaban J connectivity index is 1.75. The van der Waals surface area contributed by atoms with E-state index in [1.165, 1.54) is 16.8 Å². The Bertz CT molecular complexity index is 904. The molecule has 1 aromatic heterocycles. The van der Waals surface area contributed by atoms with Gasteiger partial charge >= 0.3 is 0 Å². The number of hydrogen-bond donors (Lipinski definition) is 1. The number of anilines is 2. The molecule has 0 saturated heterocycles. The summed E-state index contributed by atoms with van der Waals surface area (Å²) in [5.41, 5.74) is 5.82. The summed E-state index contributed by atoms with van der Waals surface area (Å²) in [6.07, 6.45) is 3.80. The lowest BCUT2D eigenvalue weighted by Gasteiger charge is -2.25. The summed E-state index contributed by atoms with van der Waals surface area (Å²) in [6.45, 7) is 2.10. The van der Waals surface area contributed by atoms with E-state index < -0.39 is 0 Å². The van der Waals surface area contributed by atoms with Gasteiger partial charge in [-0.15, -0.1) is 0 Å². The first-order valence-electron chi connectivity index (χ1n) is 8.34. The molecular formula is C20H21N5. The second kappa shape index (κ2) is 6.09. The first-order valence-corrected chi connectivity index (χ1v) is 8.34. The van der Waals surface area contributed by atoms with Gasteiger partial charge < -0.3 is 10.2 Å². The summed E-state index contributed by atoms with van der Waals surface area (Å²) in [4.78, 5) is 6.46. The third-order valence-corrected chi connectivity index (χ3v) is 4.52. The Hall–Kier alpha value is -3.08. The fourth-order valence-electron chi connectivity index (χ4n) is 3.04. The number of allylic oxidation sites excluding steroid dienone is 1. The zero-order valence-electron chi connectivity index (χ0n) is 14.6. The van der Waals surface area contributed by atoms with Crippen LogP contribution in [0.2, 0.25) is 0 Å². The monoisotopic (exact) mass is 331 g/mol. The maximum absolute atomic E-state index is 4.40. The quantitative estimate of drug-likeness (QED) is 0.795. The second-order valence-electron chi connectivity index (χ2n) is 6.53. The van der Waals surface area contributed by atoms with Crippen LogP contribution in [-0.2, 0) is 0 Å². The molecule has 0 saturated carbocycles. The fourth-order valence-corrected chi connectivity index (χ4v) is 3.04. The van der Waals surface area contributed by atoms with Gasteiger partial charge in [0.05, 0.1) is 0 Å². The number of hydrogen-bond acceptors (Lipinski definition) is 4. The molecule has 5 nitrogen and oxygen atoms in total. The van der Waals surface area contributed by atoms with E-state index in [4.69, 9.17) is 0 Å². The summed E-state index contributed by atoms with van der Waals surface area (Å²) in [6, 6.07) is 17.1. The van der Waals surface area contributed by atoms with Crippen molar-refractivity contribution in [3.63, 3.8) is 0 Å². The Kier molecular flexibility index (Phi) is 3.76. The standard InChI is InChI=1S/C20H21N5/c1-14-4-6-15(7-5-14)18-12-19(25-20(23-18)21-13-22-25)16-8-10-17(11-9-16)24(2)3/h4-13,19H,1-3H3,(H,21,22,23). The predicted octanol–water partition coefficient (Wildman–Crippen LogP) is 3.71. The molecule has 0 fully saturated rings. The topological polar surface area (TPSA) is 46.0 Å². The van der Waals surface area contributed by atoms with Crippen LogP contribution in [0, 0.1) is 6.92 Å². The third kappa shape index (κ3) is 2.89. The highest BCUT2D eigenvalue weighted by molar-refractivity contribution is 5.77. The van der Waals surface area contributed by atoms with Crippen LogP contribution < -0.4 is 10.2 Å².